The lowest BCUT2D eigenvalue weighted by molar-refractivity contribution is 0.102. The Kier molecular flexibility index (Phi) is 5.92. The molecule has 0 saturated heterocycles. The molecule has 0 radical (unpaired) electrons. The van der Waals surface area contributed by atoms with E-state index in [1.807, 2.05) is 0 Å². The number of hydrogen-bond acceptors (Lipinski definition) is 7. The zero-order chi connectivity index (χ0) is 20.5. The number of nitrogens with zero attached hydrogens (tertiary/aromatic N) is 2. The summed E-state index contributed by atoms with van der Waals surface area (Å²) in [7, 11) is -0.344. The molecule has 1 N–H and O–H groups in total. The Morgan fingerprint density at radius 3 is 2.68 bits per heavy atom. The number of carbonyl (C=O) groups excluding carboxylic acids is 1. The van der Waals surface area contributed by atoms with Crippen molar-refractivity contribution >= 4 is 32.4 Å². The lowest BCUT2D eigenvalue weighted by Crippen LogP contribution is -2.39. The molecule has 1 aliphatic rings. The molecule has 1 aliphatic heterocycles. The Hall–Kier alpha value is -2.17. The van der Waals surface area contributed by atoms with E-state index in [2.05, 4.69) is 10.3 Å². The molecule has 8 nitrogen and oxygen atoms in total. The first-order valence-electron chi connectivity index (χ1n) is 8.77. The average Bonchev–Trinajstić information content (AvgIpc) is 3.08. The number of methoxy groups -OCH3 is 2. The van der Waals surface area contributed by atoms with Crippen LogP contribution in [0.15, 0.2) is 18.2 Å². The minimum absolute atomic E-state index is 0.284. The Bertz CT molecular complexity index is 985. The Balaban J connectivity index is 1.80. The summed E-state index contributed by atoms with van der Waals surface area (Å²) in [4.78, 5) is 18.0. The van der Waals surface area contributed by atoms with Crippen LogP contribution in [0.1, 0.15) is 34.8 Å². The largest absolute Gasteiger partial charge is 0.493 e. The minimum Gasteiger partial charge on any atom is -0.493 e. The summed E-state index contributed by atoms with van der Waals surface area (Å²) in [6, 6.07) is 5.06. The summed E-state index contributed by atoms with van der Waals surface area (Å²) in [6.07, 6.45) is 0.524. The van der Waals surface area contributed by atoms with Crippen molar-refractivity contribution in [2.24, 2.45) is 0 Å². The minimum atomic E-state index is -3.32. The topological polar surface area (TPSA) is 97.8 Å². The fraction of sp³-hybridized carbons (Fsp3) is 0.444. The highest BCUT2D eigenvalue weighted by Crippen LogP contribution is 2.33. The van der Waals surface area contributed by atoms with Crippen LogP contribution in [-0.2, 0) is 23.0 Å². The number of sulfonamides is 1. The number of thiazole rings is 1. The highest BCUT2D eigenvalue weighted by atomic mass is 32.2. The number of ether oxygens (including phenoxy) is 2. The van der Waals surface area contributed by atoms with Crippen LogP contribution in [0.2, 0.25) is 0 Å². The number of benzene rings is 1. The number of amides is 1. The monoisotopic (exact) mass is 425 g/mol. The summed E-state index contributed by atoms with van der Waals surface area (Å²) in [6.45, 7) is 4.02. The van der Waals surface area contributed by atoms with Crippen molar-refractivity contribution in [3.63, 3.8) is 0 Å². The molecule has 3 rings (SSSR count). The van der Waals surface area contributed by atoms with E-state index in [9.17, 15) is 13.2 Å². The highest BCUT2D eigenvalue weighted by Gasteiger charge is 2.31. The number of rotatable bonds is 6. The van der Waals surface area contributed by atoms with Gasteiger partial charge in [0.1, 0.15) is 0 Å². The zero-order valence-corrected chi connectivity index (χ0v) is 17.8. The van der Waals surface area contributed by atoms with Crippen LogP contribution < -0.4 is 14.8 Å². The molecule has 2 aromatic rings. The standard InChI is InChI=1S/C18H23N3O5S2/c1-11(2)28(23,24)21-9-8-13-15(10-21)27-18(19-13)20-17(22)12-6-5-7-14(25-3)16(12)26-4/h5-7,11H,8-10H2,1-4H3,(H,19,20,22). The number of hydrogen-bond donors (Lipinski definition) is 1. The smallest absolute Gasteiger partial charge is 0.261 e. The van der Waals surface area contributed by atoms with Gasteiger partial charge in [0.05, 0.1) is 30.7 Å². The van der Waals surface area contributed by atoms with Crippen molar-refractivity contribution in [2.75, 3.05) is 26.1 Å². The van der Waals surface area contributed by atoms with E-state index in [1.54, 1.807) is 32.0 Å². The van der Waals surface area contributed by atoms with E-state index in [1.165, 1.54) is 29.9 Å². The SMILES string of the molecule is COc1cccc(C(=O)Nc2nc3c(s2)CN(S(=O)(=O)C(C)C)CC3)c1OC. The van der Waals surface area contributed by atoms with Crippen molar-refractivity contribution < 1.29 is 22.7 Å². The first kappa shape index (κ1) is 20.6. The fourth-order valence-electron chi connectivity index (χ4n) is 2.97. The van der Waals surface area contributed by atoms with Gasteiger partial charge in [0.25, 0.3) is 5.91 Å². The van der Waals surface area contributed by atoms with Gasteiger partial charge >= 0.3 is 0 Å². The summed E-state index contributed by atoms with van der Waals surface area (Å²) in [5.74, 6) is 0.439. The fourth-order valence-corrected chi connectivity index (χ4v) is 5.32. The quantitative estimate of drug-likeness (QED) is 0.764. The van der Waals surface area contributed by atoms with E-state index in [0.717, 1.165) is 10.6 Å². The Labute approximate surface area is 168 Å². The molecular weight excluding hydrogens is 402 g/mol. The first-order valence-corrected chi connectivity index (χ1v) is 11.1. The number of fused-ring (bicyclic) bond motifs is 1. The predicted octanol–water partition coefficient (Wildman–Crippen LogP) is 2.51. The van der Waals surface area contributed by atoms with Crippen molar-refractivity contribution in [3.05, 3.63) is 34.3 Å². The van der Waals surface area contributed by atoms with Gasteiger partial charge in [0, 0.05) is 24.4 Å². The molecule has 0 aliphatic carbocycles. The van der Waals surface area contributed by atoms with Gasteiger partial charge in [-0.3, -0.25) is 10.1 Å². The highest BCUT2D eigenvalue weighted by molar-refractivity contribution is 7.89. The summed E-state index contributed by atoms with van der Waals surface area (Å²) in [5.41, 5.74) is 1.16. The normalized spacial score (nSPS) is 14.6. The van der Waals surface area contributed by atoms with Gasteiger partial charge in [0.15, 0.2) is 16.6 Å². The third-order valence-corrected chi connectivity index (χ3v) is 7.74. The molecule has 0 saturated carbocycles. The molecule has 0 fully saturated rings. The van der Waals surface area contributed by atoms with E-state index >= 15 is 0 Å². The second-order valence-electron chi connectivity index (χ2n) is 6.56. The molecule has 152 valence electrons. The van der Waals surface area contributed by atoms with Crippen LogP contribution >= 0.6 is 11.3 Å². The average molecular weight is 426 g/mol. The van der Waals surface area contributed by atoms with E-state index in [0.29, 0.717) is 35.2 Å². The van der Waals surface area contributed by atoms with Gasteiger partial charge in [-0.15, -0.1) is 11.3 Å². The van der Waals surface area contributed by atoms with E-state index in [4.69, 9.17) is 9.47 Å². The van der Waals surface area contributed by atoms with Gasteiger partial charge in [-0.05, 0) is 26.0 Å². The second kappa shape index (κ2) is 8.06. The maximum absolute atomic E-state index is 12.7. The number of para-hydroxylation sites is 1. The summed E-state index contributed by atoms with van der Waals surface area (Å²) in [5, 5.41) is 2.75. The lowest BCUT2D eigenvalue weighted by atomic mass is 10.1. The number of nitrogens with one attached hydrogen (secondary N) is 1. The molecule has 0 unspecified atom stereocenters. The van der Waals surface area contributed by atoms with Crippen molar-refractivity contribution in [3.8, 4) is 11.5 Å². The molecule has 1 aromatic heterocycles. The van der Waals surface area contributed by atoms with Crippen LogP contribution in [0.25, 0.3) is 0 Å². The first-order chi connectivity index (χ1) is 13.3. The summed E-state index contributed by atoms with van der Waals surface area (Å²) < 4.78 is 36.8. The maximum Gasteiger partial charge on any atom is 0.261 e. The van der Waals surface area contributed by atoms with Crippen LogP contribution in [0.5, 0.6) is 11.5 Å². The van der Waals surface area contributed by atoms with Gasteiger partial charge < -0.3 is 9.47 Å². The Morgan fingerprint density at radius 1 is 1.29 bits per heavy atom. The van der Waals surface area contributed by atoms with Crippen LogP contribution in [-0.4, -0.2) is 49.6 Å². The van der Waals surface area contributed by atoms with Gasteiger partial charge in [-0.1, -0.05) is 6.07 Å². The second-order valence-corrected chi connectivity index (χ2v) is 10.1. The lowest BCUT2D eigenvalue weighted by Gasteiger charge is -2.26. The number of anilines is 1. The molecule has 10 heteroatoms. The van der Waals surface area contributed by atoms with Gasteiger partial charge in [-0.2, -0.15) is 4.31 Å². The maximum atomic E-state index is 12.7. The van der Waals surface area contributed by atoms with Crippen LogP contribution in [0.4, 0.5) is 5.13 Å². The number of aromatic nitrogens is 1. The number of carbonyl (C=O) groups is 1. The molecule has 2 heterocycles. The van der Waals surface area contributed by atoms with E-state index < -0.39 is 15.3 Å². The van der Waals surface area contributed by atoms with E-state index in [-0.39, 0.29) is 12.5 Å². The Morgan fingerprint density at radius 2 is 2.04 bits per heavy atom. The van der Waals surface area contributed by atoms with Crippen molar-refractivity contribution in [1.82, 2.24) is 9.29 Å². The van der Waals surface area contributed by atoms with Crippen molar-refractivity contribution in [1.29, 1.82) is 0 Å². The third kappa shape index (κ3) is 3.85. The molecule has 28 heavy (non-hydrogen) atoms. The van der Waals surface area contributed by atoms with Crippen LogP contribution in [0, 0.1) is 0 Å². The van der Waals surface area contributed by atoms with Crippen LogP contribution in [0.3, 0.4) is 0 Å². The molecule has 0 spiro atoms. The predicted molar refractivity (Wildman–Crippen MR) is 108 cm³/mol. The molecule has 0 atom stereocenters. The zero-order valence-electron chi connectivity index (χ0n) is 16.2. The third-order valence-electron chi connectivity index (χ3n) is 4.52. The molecule has 1 amide bonds. The van der Waals surface area contributed by atoms with Gasteiger partial charge in [0.2, 0.25) is 10.0 Å². The summed E-state index contributed by atoms with van der Waals surface area (Å²) >= 11 is 1.29. The molecule has 0 bridgehead atoms. The van der Waals surface area contributed by atoms with Gasteiger partial charge in [-0.25, -0.2) is 13.4 Å². The molecule has 1 aromatic carbocycles. The molecular formula is C18H23N3O5S2. The van der Waals surface area contributed by atoms with Crippen molar-refractivity contribution in [2.45, 2.75) is 32.1 Å².